The van der Waals surface area contributed by atoms with Crippen LogP contribution in [0.2, 0.25) is 0 Å². The summed E-state index contributed by atoms with van der Waals surface area (Å²) in [6.07, 6.45) is 5.21. The van der Waals surface area contributed by atoms with Gasteiger partial charge in [-0.1, -0.05) is 13.8 Å². The molecule has 102 valence electrons. The molecule has 17 heavy (non-hydrogen) atoms. The lowest BCUT2D eigenvalue weighted by Gasteiger charge is -2.29. The van der Waals surface area contributed by atoms with E-state index in [1.165, 1.54) is 45.3 Å². The van der Waals surface area contributed by atoms with Crippen molar-refractivity contribution in [2.45, 2.75) is 51.6 Å². The van der Waals surface area contributed by atoms with Gasteiger partial charge in [0, 0.05) is 25.2 Å². The van der Waals surface area contributed by atoms with Crippen LogP contribution in [0, 0.1) is 0 Å². The van der Waals surface area contributed by atoms with Crippen molar-refractivity contribution >= 4 is 0 Å². The first-order valence-corrected chi connectivity index (χ1v) is 7.29. The monoisotopic (exact) mass is 241 g/mol. The van der Waals surface area contributed by atoms with Crippen LogP contribution >= 0.6 is 0 Å². The summed E-state index contributed by atoms with van der Waals surface area (Å²) >= 11 is 0. The van der Waals surface area contributed by atoms with E-state index in [9.17, 15) is 0 Å². The van der Waals surface area contributed by atoms with Gasteiger partial charge in [0.15, 0.2) is 0 Å². The second-order valence-corrected chi connectivity index (χ2v) is 5.56. The highest BCUT2D eigenvalue weighted by Gasteiger charge is 2.22. The number of rotatable bonds is 8. The highest BCUT2D eigenvalue weighted by molar-refractivity contribution is 4.80. The van der Waals surface area contributed by atoms with Crippen molar-refractivity contribution in [2.24, 2.45) is 0 Å². The lowest BCUT2D eigenvalue weighted by molar-refractivity contribution is 0.204. The fourth-order valence-electron chi connectivity index (χ4n) is 2.71. The summed E-state index contributed by atoms with van der Waals surface area (Å²) in [5.74, 6) is 0. The van der Waals surface area contributed by atoms with Crippen LogP contribution in [0.3, 0.4) is 0 Å². The zero-order chi connectivity index (χ0) is 12.7. The van der Waals surface area contributed by atoms with Gasteiger partial charge in [0.05, 0.1) is 0 Å². The first-order valence-electron chi connectivity index (χ1n) is 7.29. The summed E-state index contributed by atoms with van der Waals surface area (Å²) in [5, 5.41) is 3.63. The van der Waals surface area contributed by atoms with E-state index in [1.54, 1.807) is 0 Å². The number of nitrogens with one attached hydrogen (secondary N) is 1. The van der Waals surface area contributed by atoms with Gasteiger partial charge in [0.25, 0.3) is 0 Å². The van der Waals surface area contributed by atoms with Gasteiger partial charge in [-0.2, -0.15) is 0 Å². The van der Waals surface area contributed by atoms with Crippen LogP contribution in [-0.4, -0.2) is 62.2 Å². The van der Waals surface area contributed by atoms with E-state index in [4.69, 9.17) is 0 Å². The lowest BCUT2D eigenvalue weighted by atomic mass is 10.1. The van der Waals surface area contributed by atoms with Crippen LogP contribution in [0.25, 0.3) is 0 Å². The van der Waals surface area contributed by atoms with Crippen LogP contribution in [0.15, 0.2) is 0 Å². The smallest absolute Gasteiger partial charge is 0.0220 e. The summed E-state index contributed by atoms with van der Waals surface area (Å²) in [6, 6.07) is 1.44. The van der Waals surface area contributed by atoms with Crippen molar-refractivity contribution < 1.29 is 0 Å². The van der Waals surface area contributed by atoms with E-state index in [1.807, 2.05) is 0 Å². The Balaban J connectivity index is 2.24. The molecule has 1 aliphatic heterocycles. The molecule has 3 heteroatoms. The summed E-state index contributed by atoms with van der Waals surface area (Å²) in [5.41, 5.74) is 0. The number of hydrogen-bond acceptors (Lipinski definition) is 3. The van der Waals surface area contributed by atoms with Gasteiger partial charge < -0.3 is 15.1 Å². The molecule has 0 spiro atoms. The van der Waals surface area contributed by atoms with E-state index in [0.29, 0.717) is 6.04 Å². The first kappa shape index (κ1) is 14.9. The molecule has 0 aromatic carbocycles. The number of nitrogens with zero attached hydrogens (tertiary/aromatic N) is 2. The van der Waals surface area contributed by atoms with Crippen LogP contribution < -0.4 is 5.32 Å². The topological polar surface area (TPSA) is 18.5 Å². The average molecular weight is 241 g/mol. The SMILES string of the molecule is CCCNC(CC)CN(C)CC1CCCN1C. The van der Waals surface area contributed by atoms with Crippen molar-refractivity contribution in [1.82, 2.24) is 15.1 Å². The molecular weight excluding hydrogens is 210 g/mol. The molecule has 0 aromatic rings. The summed E-state index contributed by atoms with van der Waals surface area (Å²) in [7, 11) is 4.53. The van der Waals surface area contributed by atoms with Crippen LogP contribution in [0.5, 0.6) is 0 Å². The van der Waals surface area contributed by atoms with Crippen molar-refractivity contribution in [2.75, 3.05) is 40.3 Å². The van der Waals surface area contributed by atoms with Gasteiger partial charge in [-0.3, -0.25) is 0 Å². The molecule has 0 aliphatic carbocycles. The zero-order valence-corrected chi connectivity index (χ0v) is 12.2. The minimum Gasteiger partial charge on any atom is -0.313 e. The van der Waals surface area contributed by atoms with Crippen molar-refractivity contribution in [3.05, 3.63) is 0 Å². The Morgan fingerprint density at radius 1 is 1.41 bits per heavy atom. The average Bonchev–Trinajstić information content (AvgIpc) is 2.70. The molecule has 1 aliphatic rings. The number of hydrogen-bond donors (Lipinski definition) is 1. The minimum atomic E-state index is 0.659. The van der Waals surface area contributed by atoms with E-state index >= 15 is 0 Å². The third-order valence-corrected chi connectivity index (χ3v) is 3.90. The summed E-state index contributed by atoms with van der Waals surface area (Å²) < 4.78 is 0. The maximum Gasteiger partial charge on any atom is 0.0220 e. The third kappa shape index (κ3) is 5.36. The van der Waals surface area contributed by atoms with Crippen molar-refractivity contribution in [1.29, 1.82) is 0 Å². The summed E-state index contributed by atoms with van der Waals surface area (Å²) in [6.45, 7) is 9.35. The van der Waals surface area contributed by atoms with E-state index in [2.05, 4.69) is 43.1 Å². The quantitative estimate of drug-likeness (QED) is 0.699. The highest BCUT2D eigenvalue weighted by Crippen LogP contribution is 2.15. The van der Waals surface area contributed by atoms with Crippen LogP contribution in [0.1, 0.15) is 39.5 Å². The molecule has 1 N–H and O–H groups in total. The molecule has 0 radical (unpaired) electrons. The highest BCUT2D eigenvalue weighted by atomic mass is 15.2. The van der Waals surface area contributed by atoms with Gasteiger partial charge in [0.1, 0.15) is 0 Å². The van der Waals surface area contributed by atoms with Crippen molar-refractivity contribution in [3.63, 3.8) is 0 Å². The Bertz CT molecular complexity index is 196. The predicted molar refractivity (Wildman–Crippen MR) is 75.5 cm³/mol. The second-order valence-electron chi connectivity index (χ2n) is 5.56. The maximum absolute atomic E-state index is 3.63. The summed E-state index contributed by atoms with van der Waals surface area (Å²) in [4.78, 5) is 5.01. The molecule has 0 aromatic heterocycles. The van der Waals surface area contributed by atoms with Gasteiger partial charge in [-0.15, -0.1) is 0 Å². The molecular formula is C14H31N3. The molecule has 3 nitrogen and oxygen atoms in total. The molecule has 2 unspecified atom stereocenters. The number of likely N-dealkylation sites (tertiary alicyclic amines) is 1. The van der Waals surface area contributed by atoms with Gasteiger partial charge in [-0.25, -0.2) is 0 Å². The molecule has 1 rings (SSSR count). The largest absolute Gasteiger partial charge is 0.313 e. The van der Waals surface area contributed by atoms with E-state index < -0.39 is 0 Å². The Kier molecular flexibility index (Phi) is 7.09. The second kappa shape index (κ2) is 8.06. The lowest BCUT2D eigenvalue weighted by Crippen LogP contribution is -2.44. The van der Waals surface area contributed by atoms with Gasteiger partial charge >= 0.3 is 0 Å². The Labute approximate surface area is 108 Å². The Hall–Kier alpha value is -0.120. The van der Waals surface area contributed by atoms with Gasteiger partial charge in [-0.05, 0) is 52.9 Å². The predicted octanol–water partition coefficient (Wildman–Crippen LogP) is 1.79. The number of likely N-dealkylation sites (N-methyl/N-ethyl adjacent to an activating group) is 2. The molecule has 2 atom stereocenters. The maximum atomic E-state index is 3.63. The first-order chi connectivity index (χ1) is 8.17. The molecule has 1 fully saturated rings. The fraction of sp³-hybridized carbons (Fsp3) is 1.00. The molecule has 1 saturated heterocycles. The van der Waals surface area contributed by atoms with E-state index in [0.717, 1.165) is 12.6 Å². The normalized spacial score (nSPS) is 23.5. The molecule has 1 heterocycles. The van der Waals surface area contributed by atoms with Crippen LogP contribution in [-0.2, 0) is 0 Å². The molecule has 0 amide bonds. The fourth-order valence-corrected chi connectivity index (χ4v) is 2.71. The van der Waals surface area contributed by atoms with Gasteiger partial charge in [0.2, 0.25) is 0 Å². The minimum absolute atomic E-state index is 0.659. The standard InChI is InChI=1S/C14H31N3/c1-5-9-15-13(6-2)11-16(3)12-14-8-7-10-17(14)4/h13-15H,5-12H2,1-4H3. The Morgan fingerprint density at radius 2 is 2.18 bits per heavy atom. The zero-order valence-electron chi connectivity index (χ0n) is 12.2. The van der Waals surface area contributed by atoms with E-state index in [-0.39, 0.29) is 0 Å². The third-order valence-electron chi connectivity index (χ3n) is 3.90. The molecule has 0 saturated carbocycles. The van der Waals surface area contributed by atoms with Crippen LogP contribution in [0.4, 0.5) is 0 Å². The van der Waals surface area contributed by atoms with Crippen molar-refractivity contribution in [3.8, 4) is 0 Å². The molecule has 0 bridgehead atoms. The Morgan fingerprint density at radius 3 is 2.71 bits per heavy atom.